The van der Waals surface area contributed by atoms with E-state index in [1.54, 1.807) is 4.31 Å². The van der Waals surface area contributed by atoms with Crippen molar-refractivity contribution in [1.82, 2.24) is 4.31 Å². The van der Waals surface area contributed by atoms with Crippen LogP contribution in [-0.2, 0) is 0 Å². The number of nitrogens with zero attached hydrogens (tertiary/aromatic N) is 1. The second-order valence-corrected chi connectivity index (χ2v) is 2.36. The Hall–Kier alpha value is 0.240. The highest BCUT2D eigenvalue weighted by Gasteiger charge is 2.17. The second kappa shape index (κ2) is 2.01. The lowest BCUT2D eigenvalue weighted by molar-refractivity contribution is 0.349. The number of hydrogen-bond acceptors (Lipinski definition) is 2. The van der Waals surface area contributed by atoms with Gasteiger partial charge in [0.05, 0.1) is 0 Å². The minimum atomic E-state index is -0.627. The molecule has 7 heavy (non-hydrogen) atoms. The van der Waals surface area contributed by atoms with E-state index in [-0.39, 0.29) is 0 Å². The number of rotatable bonds is 0. The van der Waals surface area contributed by atoms with E-state index in [9.17, 15) is 4.39 Å². The van der Waals surface area contributed by atoms with Crippen molar-refractivity contribution < 1.29 is 4.39 Å². The maximum atomic E-state index is 12.1. The van der Waals surface area contributed by atoms with Crippen molar-refractivity contribution in [3.63, 3.8) is 0 Å². The summed E-state index contributed by atoms with van der Waals surface area (Å²) >= 11 is 3.95. The van der Waals surface area contributed by atoms with Gasteiger partial charge in [-0.15, -0.1) is 0 Å². The minimum absolute atomic E-state index is 0.503. The van der Waals surface area contributed by atoms with Crippen LogP contribution in [0.5, 0.6) is 0 Å². The van der Waals surface area contributed by atoms with Gasteiger partial charge in [-0.2, -0.15) is 0 Å². The van der Waals surface area contributed by atoms with Gasteiger partial charge in [-0.1, -0.05) is 12.8 Å². The third-order valence-electron chi connectivity index (χ3n) is 1.11. The van der Waals surface area contributed by atoms with E-state index in [0.717, 1.165) is 6.54 Å². The van der Waals surface area contributed by atoms with Gasteiger partial charge in [0.25, 0.3) is 0 Å². The maximum absolute atomic E-state index is 12.1. The molecule has 1 atom stereocenters. The van der Waals surface area contributed by atoms with E-state index in [0.29, 0.717) is 13.0 Å². The SMILES string of the molecule is FC1CCN(S)C1. The third kappa shape index (κ3) is 1.31. The Labute approximate surface area is 48.0 Å². The van der Waals surface area contributed by atoms with E-state index >= 15 is 0 Å². The van der Waals surface area contributed by atoms with Crippen molar-refractivity contribution in [3.05, 3.63) is 0 Å². The molecular formula is C4H8FNS. The molecule has 0 aromatic heterocycles. The molecule has 1 rings (SSSR count). The molecule has 1 aliphatic rings. The highest BCUT2D eigenvalue weighted by atomic mass is 32.1. The lowest BCUT2D eigenvalue weighted by Gasteiger charge is -2.00. The molecule has 42 valence electrons. The quantitative estimate of drug-likeness (QED) is 0.465. The molecular weight excluding hydrogens is 113 g/mol. The van der Waals surface area contributed by atoms with E-state index in [1.165, 1.54) is 0 Å². The zero-order chi connectivity index (χ0) is 5.28. The van der Waals surface area contributed by atoms with E-state index in [4.69, 9.17) is 0 Å². The van der Waals surface area contributed by atoms with Crippen molar-refractivity contribution >= 4 is 12.8 Å². The van der Waals surface area contributed by atoms with Gasteiger partial charge in [0, 0.05) is 13.1 Å². The molecule has 0 aromatic carbocycles. The van der Waals surface area contributed by atoms with Crippen LogP contribution < -0.4 is 0 Å². The first kappa shape index (κ1) is 5.38. The van der Waals surface area contributed by atoms with E-state index in [2.05, 4.69) is 12.8 Å². The second-order valence-electron chi connectivity index (χ2n) is 1.80. The molecule has 1 fully saturated rings. The van der Waals surface area contributed by atoms with E-state index in [1.807, 2.05) is 0 Å². The van der Waals surface area contributed by atoms with Gasteiger partial charge in [0.2, 0.25) is 0 Å². The predicted octanol–water partition coefficient (Wildman–Crippen LogP) is 0.875. The van der Waals surface area contributed by atoms with Crippen molar-refractivity contribution in [2.45, 2.75) is 12.6 Å². The Bertz CT molecular complexity index is 60.7. The topological polar surface area (TPSA) is 3.24 Å². The summed E-state index contributed by atoms with van der Waals surface area (Å²) < 4.78 is 13.8. The van der Waals surface area contributed by atoms with Crippen molar-refractivity contribution in [2.24, 2.45) is 0 Å². The Balaban J connectivity index is 2.26. The molecule has 1 saturated heterocycles. The van der Waals surface area contributed by atoms with Crippen LogP contribution in [-0.4, -0.2) is 23.6 Å². The summed E-state index contributed by atoms with van der Waals surface area (Å²) in [6.07, 6.45) is 0.0289. The van der Waals surface area contributed by atoms with Crippen LogP contribution in [0.3, 0.4) is 0 Å². The smallest absolute Gasteiger partial charge is 0.115 e. The normalized spacial score (nSPS) is 34.3. The molecule has 0 amide bonds. The molecule has 1 heterocycles. The monoisotopic (exact) mass is 121 g/mol. The molecule has 1 nitrogen and oxygen atoms in total. The zero-order valence-electron chi connectivity index (χ0n) is 3.97. The summed E-state index contributed by atoms with van der Waals surface area (Å²) in [5.74, 6) is 0. The van der Waals surface area contributed by atoms with E-state index < -0.39 is 6.17 Å². The Morgan fingerprint density at radius 3 is 2.57 bits per heavy atom. The molecule has 0 radical (unpaired) electrons. The van der Waals surface area contributed by atoms with Crippen molar-refractivity contribution in [1.29, 1.82) is 0 Å². The summed E-state index contributed by atoms with van der Waals surface area (Å²) in [6, 6.07) is 0. The number of hydrogen-bond donors (Lipinski definition) is 1. The summed E-state index contributed by atoms with van der Waals surface area (Å²) in [7, 11) is 0. The van der Waals surface area contributed by atoms with Crippen LogP contribution in [0.1, 0.15) is 6.42 Å². The van der Waals surface area contributed by atoms with Crippen molar-refractivity contribution in [2.75, 3.05) is 13.1 Å². The molecule has 0 spiro atoms. The highest BCUT2D eigenvalue weighted by molar-refractivity contribution is 7.77. The Morgan fingerprint density at radius 2 is 2.43 bits per heavy atom. The summed E-state index contributed by atoms with van der Waals surface area (Å²) in [6.45, 7) is 1.30. The van der Waals surface area contributed by atoms with Gasteiger partial charge < -0.3 is 0 Å². The summed E-state index contributed by atoms with van der Waals surface area (Å²) in [5, 5.41) is 0. The van der Waals surface area contributed by atoms with Crippen LogP contribution in [0.25, 0.3) is 0 Å². The summed E-state index contributed by atoms with van der Waals surface area (Å²) in [5.41, 5.74) is 0. The fourth-order valence-electron chi connectivity index (χ4n) is 0.700. The highest BCUT2D eigenvalue weighted by Crippen LogP contribution is 2.12. The molecule has 1 aliphatic heterocycles. The fraction of sp³-hybridized carbons (Fsp3) is 1.00. The predicted molar refractivity (Wildman–Crippen MR) is 30.1 cm³/mol. The molecule has 0 bridgehead atoms. The average molecular weight is 121 g/mol. The largest absolute Gasteiger partial charge is 0.250 e. The molecule has 0 aliphatic carbocycles. The Morgan fingerprint density at radius 1 is 1.71 bits per heavy atom. The fourth-order valence-corrected chi connectivity index (χ4v) is 0.993. The molecule has 0 saturated carbocycles. The Kier molecular flexibility index (Phi) is 1.54. The van der Waals surface area contributed by atoms with Gasteiger partial charge in [0.1, 0.15) is 6.17 Å². The first-order chi connectivity index (χ1) is 3.29. The number of alkyl halides is 1. The van der Waals surface area contributed by atoms with Crippen LogP contribution >= 0.6 is 12.8 Å². The standard InChI is InChI=1S/C4H8FNS/c5-4-1-2-6(7)3-4/h4,7H,1-3H2. The van der Waals surface area contributed by atoms with Crippen LogP contribution in [0.15, 0.2) is 0 Å². The van der Waals surface area contributed by atoms with Gasteiger partial charge in [-0.05, 0) is 6.42 Å². The van der Waals surface area contributed by atoms with Crippen LogP contribution in [0.2, 0.25) is 0 Å². The summed E-state index contributed by atoms with van der Waals surface area (Å²) in [4.78, 5) is 0. The van der Waals surface area contributed by atoms with Crippen molar-refractivity contribution in [3.8, 4) is 0 Å². The van der Waals surface area contributed by atoms with Crippen LogP contribution in [0, 0.1) is 0 Å². The minimum Gasteiger partial charge on any atom is -0.250 e. The molecule has 3 heteroatoms. The first-order valence-electron chi connectivity index (χ1n) is 2.37. The zero-order valence-corrected chi connectivity index (χ0v) is 4.87. The third-order valence-corrected chi connectivity index (χ3v) is 1.47. The first-order valence-corrected chi connectivity index (χ1v) is 2.77. The number of halogens is 1. The van der Waals surface area contributed by atoms with Gasteiger partial charge in [-0.3, -0.25) is 4.31 Å². The molecule has 0 aromatic rings. The molecule has 0 N–H and O–H groups in total. The molecule has 1 unspecified atom stereocenters. The van der Waals surface area contributed by atoms with Crippen LogP contribution in [0.4, 0.5) is 4.39 Å². The van der Waals surface area contributed by atoms with Gasteiger partial charge >= 0.3 is 0 Å². The van der Waals surface area contributed by atoms with Gasteiger partial charge in [-0.25, -0.2) is 4.39 Å². The van der Waals surface area contributed by atoms with Gasteiger partial charge in [0.15, 0.2) is 0 Å². The maximum Gasteiger partial charge on any atom is 0.115 e. The lowest BCUT2D eigenvalue weighted by atomic mass is 10.4. The average Bonchev–Trinajstić information content (AvgIpc) is 1.87. The number of thiol groups is 1. The lowest BCUT2D eigenvalue weighted by Crippen LogP contribution is -2.07.